The Morgan fingerprint density at radius 1 is 1.04 bits per heavy atom. The van der Waals surface area contributed by atoms with Gasteiger partial charge in [-0.05, 0) is 30.4 Å². The lowest BCUT2D eigenvalue weighted by atomic mass is 10.0. The van der Waals surface area contributed by atoms with Crippen LogP contribution < -0.4 is 5.32 Å². The minimum Gasteiger partial charge on any atom is -0.341 e. The molecule has 0 aliphatic heterocycles. The molecule has 0 heterocycles. The van der Waals surface area contributed by atoms with Gasteiger partial charge in [-0.15, -0.1) is 0 Å². The molecule has 3 rings (SSSR count). The van der Waals surface area contributed by atoms with Gasteiger partial charge in [-0.1, -0.05) is 67.6 Å². The maximum absolute atomic E-state index is 12.7. The third-order valence-corrected chi connectivity index (χ3v) is 4.55. The molecular formula is C21H24N2O2. The van der Waals surface area contributed by atoms with E-state index < -0.39 is 11.8 Å². The van der Waals surface area contributed by atoms with Crippen molar-refractivity contribution in [1.82, 2.24) is 10.2 Å². The van der Waals surface area contributed by atoms with Crippen LogP contribution in [-0.2, 0) is 16.1 Å². The Balaban J connectivity index is 1.68. The summed E-state index contributed by atoms with van der Waals surface area (Å²) in [5.74, 6) is -0.945. The van der Waals surface area contributed by atoms with Crippen molar-refractivity contribution >= 4 is 11.8 Å². The van der Waals surface area contributed by atoms with Crippen LogP contribution in [0.15, 0.2) is 60.7 Å². The smallest absolute Gasteiger partial charge is 0.312 e. The Bertz CT molecular complexity index is 711. The first kappa shape index (κ1) is 17.2. The van der Waals surface area contributed by atoms with Crippen LogP contribution in [0.3, 0.4) is 0 Å². The Hall–Kier alpha value is -2.62. The SMILES string of the molecule is CC[C@@H](NC(=O)C(=O)N(Cc1ccccc1)C1CC1)c1ccccc1. The summed E-state index contributed by atoms with van der Waals surface area (Å²) in [7, 11) is 0. The summed E-state index contributed by atoms with van der Waals surface area (Å²) in [5.41, 5.74) is 2.07. The summed E-state index contributed by atoms with van der Waals surface area (Å²) < 4.78 is 0. The number of hydrogen-bond donors (Lipinski definition) is 1. The average Bonchev–Trinajstić information content (AvgIpc) is 3.50. The van der Waals surface area contributed by atoms with Gasteiger partial charge in [-0.3, -0.25) is 9.59 Å². The highest BCUT2D eigenvalue weighted by Gasteiger charge is 2.36. The van der Waals surface area contributed by atoms with E-state index in [1.54, 1.807) is 4.90 Å². The van der Waals surface area contributed by atoms with Gasteiger partial charge in [0.2, 0.25) is 0 Å². The number of hydrogen-bond acceptors (Lipinski definition) is 2. The van der Waals surface area contributed by atoms with Gasteiger partial charge in [0.1, 0.15) is 0 Å². The van der Waals surface area contributed by atoms with Crippen LogP contribution in [0, 0.1) is 0 Å². The summed E-state index contributed by atoms with van der Waals surface area (Å²) >= 11 is 0. The van der Waals surface area contributed by atoms with E-state index in [1.165, 1.54) is 0 Å². The molecule has 1 atom stereocenters. The van der Waals surface area contributed by atoms with Gasteiger partial charge in [0.05, 0.1) is 6.04 Å². The highest BCUT2D eigenvalue weighted by atomic mass is 16.2. The fraction of sp³-hybridized carbons (Fsp3) is 0.333. The van der Waals surface area contributed by atoms with Gasteiger partial charge in [-0.2, -0.15) is 0 Å². The van der Waals surface area contributed by atoms with E-state index in [2.05, 4.69) is 5.32 Å². The molecule has 1 aliphatic rings. The molecule has 0 saturated heterocycles. The molecule has 0 radical (unpaired) electrons. The molecule has 4 nitrogen and oxygen atoms in total. The predicted octanol–water partition coefficient (Wildman–Crippen LogP) is 3.45. The standard InChI is InChI=1S/C21H24N2O2/c1-2-19(17-11-7-4-8-12-17)22-20(24)21(25)23(18-13-14-18)15-16-9-5-3-6-10-16/h3-12,18-19H,2,13-15H2,1H3,(H,22,24)/t19-/m1/s1. The molecule has 0 unspecified atom stereocenters. The zero-order valence-electron chi connectivity index (χ0n) is 14.5. The maximum Gasteiger partial charge on any atom is 0.312 e. The highest BCUT2D eigenvalue weighted by molar-refractivity contribution is 6.35. The van der Waals surface area contributed by atoms with Crippen molar-refractivity contribution in [2.45, 2.75) is 44.8 Å². The minimum atomic E-state index is -0.515. The Morgan fingerprint density at radius 3 is 2.20 bits per heavy atom. The van der Waals surface area contributed by atoms with E-state index in [4.69, 9.17) is 0 Å². The molecule has 1 fully saturated rings. The maximum atomic E-state index is 12.7. The van der Waals surface area contributed by atoms with E-state index in [0.29, 0.717) is 6.54 Å². The monoisotopic (exact) mass is 336 g/mol. The summed E-state index contributed by atoms with van der Waals surface area (Å²) in [6.45, 7) is 2.49. The van der Waals surface area contributed by atoms with Gasteiger partial charge in [0.15, 0.2) is 0 Å². The van der Waals surface area contributed by atoms with Gasteiger partial charge in [0.25, 0.3) is 0 Å². The van der Waals surface area contributed by atoms with Crippen LogP contribution in [-0.4, -0.2) is 22.8 Å². The number of nitrogens with zero attached hydrogens (tertiary/aromatic N) is 1. The molecule has 1 aliphatic carbocycles. The number of amides is 2. The number of carbonyl (C=O) groups excluding carboxylic acids is 2. The topological polar surface area (TPSA) is 49.4 Å². The predicted molar refractivity (Wildman–Crippen MR) is 97.6 cm³/mol. The number of carbonyl (C=O) groups is 2. The second-order valence-electron chi connectivity index (χ2n) is 6.49. The molecule has 130 valence electrons. The molecule has 0 aromatic heterocycles. The molecular weight excluding hydrogens is 312 g/mol. The van der Waals surface area contributed by atoms with Crippen molar-refractivity contribution in [2.75, 3.05) is 0 Å². The van der Waals surface area contributed by atoms with Crippen molar-refractivity contribution in [3.63, 3.8) is 0 Å². The lowest BCUT2D eigenvalue weighted by Gasteiger charge is -2.24. The van der Waals surface area contributed by atoms with Gasteiger partial charge < -0.3 is 10.2 Å². The normalized spacial score (nSPS) is 14.6. The first-order chi connectivity index (χ1) is 12.2. The quantitative estimate of drug-likeness (QED) is 0.822. The Labute approximate surface area is 148 Å². The Morgan fingerprint density at radius 2 is 1.64 bits per heavy atom. The summed E-state index contributed by atoms with van der Waals surface area (Å²) in [6, 6.07) is 19.6. The lowest BCUT2D eigenvalue weighted by Crippen LogP contribution is -2.44. The van der Waals surface area contributed by atoms with Crippen LogP contribution in [0.5, 0.6) is 0 Å². The molecule has 1 N–H and O–H groups in total. The molecule has 4 heteroatoms. The van der Waals surface area contributed by atoms with Crippen LogP contribution in [0.1, 0.15) is 43.4 Å². The van der Waals surface area contributed by atoms with E-state index in [1.807, 2.05) is 67.6 Å². The largest absolute Gasteiger partial charge is 0.341 e. The fourth-order valence-electron chi connectivity index (χ4n) is 2.99. The summed E-state index contributed by atoms with van der Waals surface area (Å²) in [5, 5.41) is 2.90. The molecule has 2 aromatic carbocycles. The number of benzene rings is 2. The van der Waals surface area contributed by atoms with Crippen LogP contribution in [0.2, 0.25) is 0 Å². The van der Waals surface area contributed by atoms with Gasteiger partial charge in [0, 0.05) is 12.6 Å². The zero-order valence-corrected chi connectivity index (χ0v) is 14.5. The van der Waals surface area contributed by atoms with E-state index in [-0.39, 0.29) is 12.1 Å². The van der Waals surface area contributed by atoms with E-state index >= 15 is 0 Å². The van der Waals surface area contributed by atoms with Crippen molar-refractivity contribution in [1.29, 1.82) is 0 Å². The van der Waals surface area contributed by atoms with Gasteiger partial charge in [-0.25, -0.2) is 0 Å². The molecule has 0 spiro atoms. The van der Waals surface area contributed by atoms with Crippen LogP contribution in [0.25, 0.3) is 0 Å². The van der Waals surface area contributed by atoms with E-state index in [0.717, 1.165) is 30.4 Å². The molecule has 25 heavy (non-hydrogen) atoms. The van der Waals surface area contributed by atoms with Crippen LogP contribution >= 0.6 is 0 Å². The summed E-state index contributed by atoms with van der Waals surface area (Å²) in [6.07, 6.45) is 2.69. The molecule has 0 bridgehead atoms. The van der Waals surface area contributed by atoms with Crippen molar-refractivity contribution in [3.05, 3.63) is 71.8 Å². The van der Waals surface area contributed by atoms with Crippen molar-refractivity contribution in [2.24, 2.45) is 0 Å². The fourth-order valence-corrected chi connectivity index (χ4v) is 2.99. The molecule has 2 aromatic rings. The van der Waals surface area contributed by atoms with Crippen molar-refractivity contribution < 1.29 is 9.59 Å². The third-order valence-electron chi connectivity index (χ3n) is 4.55. The molecule has 2 amide bonds. The van der Waals surface area contributed by atoms with Crippen LogP contribution in [0.4, 0.5) is 0 Å². The number of nitrogens with one attached hydrogen (secondary N) is 1. The van der Waals surface area contributed by atoms with E-state index in [9.17, 15) is 9.59 Å². The lowest BCUT2D eigenvalue weighted by molar-refractivity contribution is -0.147. The van der Waals surface area contributed by atoms with Crippen molar-refractivity contribution in [3.8, 4) is 0 Å². The average molecular weight is 336 g/mol. The third kappa shape index (κ3) is 4.47. The minimum absolute atomic E-state index is 0.143. The first-order valence-corrected chi connectivity index (χ1v) is 8.89. The molecule has 1 saturated carbocycles. The first-order valence-electron chi connectivity index (χ1n) is 8.89. The van der Waals surface area contributed by atoms with Gasteiger partial charge >= 0.3 is 11.8 Å². The number of rotatable bonds is 6. The second-order valence-corrected chi connectivity index (χ2v) is 6.49. The zero-order chi connectivity index (χ0) is 17.6. The second kappa shape index (κ2) is 7.97. The highest BCUT2D eigenvalue weighted by Crippen LogP contribution is 2.28. The Kier molecular flexibility index (Phi) is 5.49. The summed E-state index contributed by atoms with van der Waals surface area (Å²) in [4.78, 5) is 27.0.